The van der Waals surface area contributed by atoms with E-state index in [0.29, 0.717) is 6.54 Å². The second kappa shape index (κ2) is 7.81. The van der Waals surface area contributed by atoms with Crippen LogP contribution >= 0.6 is 11.3 Å². The van der Waals surface area contributed by atoms with Gasteiger partial charge in [-0.3, -0.25) is 9.69 Å². The number of hydrogen-bond donors (Lipinski definition) is 0. The first-order valence-corrected chi connectivity index (χ1v) is 9.63. The molecule has 1 aromatic heterocycles. The van der Waals surface area contributed by atoms with Crippen molar-refractivity contribution in [3.05, 3.63) is 66.2 Å². The summed E-state index contributed by atoms with van der Waals surface area (Å²) in [7, 11) is 0. The largest absolute Gasteiger partial charge is 0.376 e. The SMILES string of the molecule is O=C(/C=C/c1ccccc1)N(CC1CCCO1)c1nc2ccccc2s1. The summed E-state index contributed by atoms with van der Waals surface area (Å²) in [5, 5.41) is 0.726. The van der Waals surface area contributed by atoms with Crippen LogP contribution in [0.25, 0.3) is 16.3 Å². The molecule has 0 N–H and O–H groups in total. The third-order valence-corrected chi connectivity index (χ3v) is 5.47. The van der Waals surface area contributed by atoms with Gasteiger partial charge in [-0.2, -0.15) is 0 Å². The minimum Gasteiger partial charge on any atom is -0.376 e. The van der Waals surface area contributed by atoms with Gasteiger partial charge >= 0.3 is 0 Å². The van der Waals surface area contributed by atoms with Crippen molar-refractivity contribution in [2.75, 3.05) is 18.1 Å². The zero-order valence-electron chi connectivity index (χ0n) is 14.4. The lowest BCUT2D eigenvalue weighted by molar-refractivity contribution is -0.114. The van der Waals surface area contributed by atoms with Crippen LogP contribution in [0.2, 0.25) is 0 Å². The summed E-state index contributed by atoms with van der Waals surface area (Å²) in [6.45, 7) is 1.31. The molecule has 1 aliphatic heterocycles. The molecule has 1 saturated heterocycles. The van der Waals surface area contributed by atoms with Crippen LogP contribution in [-0.4, -0.2) is 30.1 Å². The van der Waals surface area contributed by atoms with Gasteiger partial charge in [-0.15, -0.1) is 0 Å². The Kier molecular flexibility index (Phi) is 5.09. The fourth-order valence-corrected chi connectivity index (χ4v) is 4.03. The molecule has 4 nitrogen and oxygen atoms in total. The summed E-state index contributed by atoms with van der Waals surface area (Å²) < 4.78 is 6.83. The summed E-state index contributed by atoms with van der Waals surface area (Å²) in [6.07, 6.45) is 5.58. The van der Waals surface area contributed by atoms with Crippen LogP contribution in [0.3, 0.4) is 0 Å². The van der Waals surface area contributed by atoms with Gasteiger partial charge in [0, 0.05) is 12.7 Å². The van der Waals surface area contributed by atoms with Crippen molar-refractivity contribution in [2.45, 2.75) is 18.9 Å². The van der Waals surface area contributed by atoms with E-state index in [2.05, 4.69) is 4.98 Å². The number of ether oxygens (including phenoxy) is 1. The minimum atomic E-state index is -0.0663. The third-order valence-electron chi connectivity index (χ3n) is 4.41. The highest BCUT2D eigenvalue weighted by Gasteiger charge is 2.25. The number of benzene rings is 2. The van der Waals surface area contributed by atoms with Crippen LogP contribution in [0.15, 0.2) is 60.7 Å². The molecule has 2 aromatic carbocycles. The van der Waals surface area contributed by atoms with Crippen molar-refractivity contribution in [3.63, 3.8) is 0 Å². The van der Waals surface area contributed by atoms with Crippen molar-refractivity contribution in [2.24, 2.45) is 0 Å². The summed E-state index contributed by atoms with van der Waals surface area (Å²) in [5.41, 5.74) is 1.92. The van der Waals surface area contributed by atoms with Crippen LogP contribution in [0, 0.1) is 0 Å². The summed E-state index contributed by atoms with van der Waals surface area (Å²) in [6, 6.07) is 17.8. The van der Waals surface area contributed by atoms with Gasteiger partial charge in [0.25, 0.3) is 5.91 Å². The number of para-hydroxylation sites is 1. The lowest BCUT2D eigenvalue weighted by Crippen LogP contribution is -2.36. The van der Waals surface area contributed by atoms with E-state index in [0.717, 1.165) is 40.4 Å². The first kappa shape index (κ1) is 16.9. The topological polar surface area (TPSA) is 42.4 Å². The summed E-state index contributed by atoms with van der Waals surface area (Å²) in [4.78, 5) is 19.3. The second-order valence-electron chi connectivity index (χ2n) is 6.29. The molecule has 1 fully saturated rings. The van der Waals surface area contributed by atoms with Crippen molar-refractivity contribution in [1.82, 2.24) is 4.98 Å². The van der Waals surface area contributed by atoms with Gasteiger partial charge in [-0.05, 0) is 36.6 Å². The normalized spacial score (nSPS) is 17.2. The molecule has 1 atom stereocenters. The van der Waals surface area contributed by atoms with Crippen LogP contribution in [-0.2, 0) is 9.53 Å². The van der Waals surface area contributed by atoms with Gasteiger partial charge in [0.2, 0.25) is 0 Å². The first-order valence-electron chi connectivity index (χ1n) is 8.81. The fourth-order valence-electron chi connectivity index (χ4n) is 3.05. The van der Waals surface area contributed by atoms with E-state index >= 15 is 0 Å². The van der Waals surface area contributed by atoms with Crippen molar-refractivity contribution in [3.8, 4) is 0 Å². The van der Waals surface area contributed by atoms with Crippen LogP contribution in [0.4, 0.5) is 5.13 Å². The van der Waals surface area contributed by atoms with E-state index in [1.54, 1.807) is 22.3 Å². The predicted octanol–water partition coefficient (Wildman–Crippen LogP) is 4.52. The Bertz CT molecular complexity index is 881. The third kappa shape index (κ3) is 3.84. The van der Waals surface area contributed by atoms with Gasteiger partial charge in [0.15, 0.2) is 5.13 Å². The number of thiazole rings is 1. The molecule has 0 bridgehead atoms. The number of hydrogen-bond acceptors (Lipinski definition) is 4. The number of carbonyl (C=O) groups is 1. The lowest BCUT2D eigenvalue weighted by atomic mass is 10.2. The van der Waals surface area contributed by atoms with Crippen LogP contribution in [0.5, 0.6) is 0 Å². The van der Waals surface area contributed by atoms with Crippen molar-refractivity contribution >= 4 is 38.7 Å². The Morgan fingerprint density at radius 2 is 2.00 bits per heavy atom. The predicted molar refractivity (Wildman–Crippen MR) is 106 cm³/mol. The standard InChI is InChI=1S/C21H20N2O2S/c24-20(13-12-16-7-2-1-3-8-16)23(15-17-9-6-14-25-17)21-22-18-10-4-5-11-19(18)26-21/h1-5,7-8,10-13,17H,6,9,14-15H2/b13-12+. The summed E-state index contributed by atoms with van der Waals surface area (Å²) in [5.74, 6) is -0.0663. The number of amides is 1. The molecule has 3 aromatic rings. The molecule has 2 heterocycles. The molecule has 0 saturated carbocycles. The zero-order chi connectivity index (χ0) is 17.8. The summed E-state index contributed by atoms with van der Waals surface area (Å²) >= 11 is 1.54. The number of fused-ring (bicyclic) bond motifs is 1. The highest BCUT2D eigenvalue weighted by molar-refractivity contribution is 7.22. The van der Waals surface area contributed by atoms with E-state index in [9.17, 15) is 4.79 Å². The number of nitrogens with zero attached hydrogens (tertiary/aromatic N) is 2. The molecule has 5 heteroatoms. The Labute approximate surface area is 156 Å². The molecule has 4 rings (SSSR count). The number of anilines is 1. The van der Waals surface area contributed by atoms with E-state index in [1.807, 2.05) is 60.7 Å². The Morgan fingerprint density at radius 1 is 1.19 bits per heavy atom. The highest BCUT2D eigenvalue weighted by Crippen LogP contribution is 2.30. The number of rotatable bonds is 5. The Balaban J connectivity index is 1.61. The molecular formula is C21H20N2O2S. The Hall–Kier alpha value is -2.50. The van der Waals surface area contributed by atoms with Gasteiger partial charge < -0.3 is 4.74 Å². The molecule has 0 aliphatic carbocycles. The smallest absolute Gasteiger partial charge is 0.252 e. The monoisotopic (exact) mass is 364 g/mol. The zero-order valence-corrected chi connectivity index (χ0v) is 15.2. The maximum Gasteiger partial charge on any atom is 0.252 e. The van der Waals surface area contributed by atoms with Crippen LogP contribution < -0.4 is 4.90 Å². The minimum absolute atomic E-state index is 0.0663. The number of aromatic nitrogens is 1. The maximum absolute atomic E-state index is 12.9. The molecule has 0 spiro atoms. The van der Waals surface area contributed by atoms with Crippen molar-refractivity contribution in [1.29, 1.82) is 0 Å². The Morgan fingerprint density at radius 3 is 2.77 bits per heavy atom. The molecule has 1 amide bonds. The van der Waals surface area contributed by atoms with Crippen molar-refractivity contribution < 1.29 is 9.53 Å². The van der Waals surface area contributed by atoms with E-state index in [4.69, 9.17) is 4.74 Å². The van der Waals surface area contributed by atoms with E-state index in [1.165, 1.54) is 0 Å². The van der Waals surface area contributed by atoms with E-state index in [-0.39, 0.29) is 12.0 Å². The maximum atomic E-state index is 12.9. The van der Waals surface area contributed by atoms with E-state index < -0.39 is 0 Å². The van der Waals surface area contributed by atoms with Crippen LogP contribution in [0.1, 0.15) is 18.4 Å². The molecule has 1 unspecified atom stereocenters. The molecule has 0 radical (unpaired) electrons. The van der Waals surface area contributed by atoms with Gasteiger partial charge in [-0.1, -0.05) is 53.8 Å². The average Bonchev–Trinajstić information content (AvgIpc) is 3.34. The highest BCUT2D eigenvalue weighted by atomic mass is 32.1. The van der Waals surface area contributed by atoms with Gasteiger partial charge in [0.05, 0.1) is 22.9 Å². The van der Waals surface area contributed by atoms with Gasteiger partial charge in [-0.25, -0.2) is 4.98 Å². The molecule has 26 heavy (non-hydrogen) atoms. The molecule has 1 aliphatic rings. The molecular weight excluding hydrogens is 344 g/mol. The first-order chi connectivity index (χ1) is 12.8. The van der Waals surface area contributed by atoms with Gasteiger partial charge in [0.1, 0.15) is 0 Å². The lowest BCUT2D eigenvalue weighted by Gasteiger charge is -2.21. The molecule has 132 valence electrons. The number of carbonyl (C=O) groups excluding carboxylic acids is 1. The quantitative estimate of drug-likeness (QED) is 0.625. The average molecular weight is 364 g/mol. The fraction of sp³-hybridized carbons (Fsp3) is 0.238. The second-order valence-corrected chi connectivity index (χ2v) is 7.30.